The van der Waals surface area contributed by atoms with E-state index in [1.165, 1.54) is 13.0 Å². The lowest BCUT2D eigenvalue weighted by Crippen LogP contribution is -2.63. The van der Waals surface area contributed by atoms with Gasteiger partial charge in [-0.05, 0) is 30.9 Å². The van der Waals surface area contributed by atoms with Gasteiger partial charge in [0, 0.05) is 48.0 Å². The zero-order valence-corrected chi connectivity index (χ0v) is 26.1. The zero-order chi connectivity index (χ0) is 31.2. The molecule has 8 atom stereocenters. The summed E-state index contributed by atoms with van der Waals surface area (Å²) < 4.78 is 17.8. The SMILES string of the molecule is CCCC=CC=CC(=O)OC1C(C)C2(O)C3C=C(C)C(=O)C3CC(COC(C)=O)=CC2C2C(C)(C)C12OC(=O)C(C)C. The van der Waals surface area contributed by atoms with Gasteiger partial charge in [-0.25, -0.2) is 4.79 Å². The largest absolute Gasteiger partial charge is 0.461 e. The highest BCUT2D eigenvalue weighted by molar-refractivity contribution is 6.00. The third-order valence-electron chi connectivity index (χ3n) is 10.1. The summed E-state index contributed by atoms with van der Waals surface area (Å²) in [6, 6.07) is 0. The van der Waals surface area contributed by atoms with Gasteiger partial charge in [0.15, 0.2) is 11.4 Å². The van der Waals surface area contributed by atoms with E-state index in [2.05, 4.69) is 6.92 Å². The second kappa shape index (κ2) is 11.6. The van der Waals surface area contributed by atoms with Gasteiger partial charge in [-0.15, -0.1) is 0 Å². The van der Waals surface area contributed by atoms with Crippen LogP contribution in [0.5, 0.6) is 0 Å². The fourth-order valence-corrected chi connectivity index (χ4v) is 7.87. The highest BCUT2D eigenvalue weighted by atomic mass is 16.6. The normalized spacial score (nSPS) is 36.5. The van der Waals surface area contributed by atoms with Crippen LogP contribution < -0.4 is 0 Å². The lowest BCUT2D eigenvalue weighted by Gasteiger charge is -2.52. The summed E-state index contributed by atoms with van der Waals surface area (Å²) in [5, 5.41) is 12.9. The molecule has 0 aromatic carbocycles. The first kappa shape index (κ1) is 31.9. The number of ketones is 1. The minimum absolute atomic E-state index is 0.00648. The Labute approximate surface area is 249 Å². The molecule has 42 heavy (non-hydrogen) atoms. The molecule has 8 unspecified atom stereocenters. The maximum atomic E-state index is 13.4. The molecule has 2 fully saturated rings. The molecule has 4 aliphatic carbocycles. The van der Waals surface area contributed by atoms with Crippen LogP contribution in [0.2, 0.25) is 0 Å². The maximum absolute atomic E-state index is 13.4. The first-order valence-corrected chi connectivity index (χ1v) is 15.2. The highest BCUT2D eigenvalue weighted by Crippen LogP contribution is 2.77. The second-order valence-electron chi connectivity index (χ2n) is 13.4. The number of carbonyl (C=O) groups is 4. The van der Waals surface area contributed by atoms with Crippen molar-refractivity contribution in [2.75, 3.05) is 6.61 Å². The Morgan fingerprint density at radius 3 is 2.45 bits per heavy atom. The van der Waals surface area contributed by atoms with Gasteiger partial charge in [-0.3, -0.25) is 14.4 Å². The summed E-state index contributed by atoms with van der Waals surface area (Å²) in [6.07, 6.45) is 11.7. The van der Waals surface area contributed by atoms with Crippen molar-refractivity contribution in [3.8, 4) is 0 Å². The van der Waals surface area contributed by atoms with Crippen molar-refractivity contribution in [2.24, 2.45) is 40.9 Å². The number of carbonyl (C=O) groups excluding carboxylic acids is 4. The van der Waals surface area contributed by atoms with E-state index in [1.54, 1.807) is 32.9 Å². The van der Waals surface area contributed by atoms with Gasteiger partial charge in [-0.1, -0.05) is 78.3 Å². The predicted molar refractivity (Wildman–Crippen MR) is 157 cm³/mol. The predicted octanol–water partition coefficient (Wildman–Crippen LogP) is 5.06. The molecule has 1 N–H and O–H groups in total. The zero-order valence-electron chi connectivity index (χ0n) is 26.1. The van der Waals surface area contributed by atoms with E-state index in [4.69, 9.17) is 14.2 Å². The molecule has 0 amide bonds. The lowest BCUT2D eigenvalue weighted by molar-refractivity contribution is -0.219. The van der Waals surface area contributed by atoms with Crippen molar-refractivity contribution < 1.29 is 38.5 Å². The van der Waals surface area contributed by atoms with E-state index in [-0.39, 0.29) is 12.4 Å². The van der Waals surface area contributed by atoms with Crippen molar-refractivity contribution in [1.82, 2.24) is 0 Å². The Kier molecular flexibility index (Phi) is 8.81. The molecule has 230 valence electrons. The van der Waals surface area contributed by atoms with Crippen LogP contribution in [0.25, 0.3) is 0 Å². The van der Waals surface area contributed by atoms with Gasteiger partial charge in [-0.2, -0.15) is 0 Å². The number of esters is 3. The molecule has 4 aliphatic rings. The number of hydrogen-bond donors (Lipinski definition) is 1. The molecule has 0 heterocycles. The van der Waals surface area contributed by atoms with Crippen LogP contribution in [0.4, 0.5) is 0 Å². The van der Waals surface area contributed by atoms with Crippen molar-refractivity contribution >= 4 is 23.7 Å². The molecule has 8 heteroatoms. The minimum Gasteiger partial charge on any atom is -0.461 e. The van der Waals surface area contributed by atoms with Crippen LogP contribution in [0.15, 0.2) is 47.6 Å². The average molecular weight is 583 g/mol. The van der Waals surface area contributed by atoms with Crippen LogP contribution in [0.3, 0.4) is 0 Å². The number of hydrogen-bond acceptors (Lipinski definition) is 8. The lowest BCUT2D eigenvalue weighted by atomic mass is 9.60. The smallest absolute Gasteiger partial charge is 0.331 e. The van der Waals surface area contributed by atoms with Crippen LogP contribution in [0.1, 0.15) is 74.7 Å². The molecular weight excluding hydrogens is 536 g/mol. The number of allylic oxidation sites excluding steroid dienone is 4. The van der Waals surface area contributed by atoms with E-state index >= 15 is 0 Å². The minimum atomic E-state index is -1.50. The van der Waals surface area contributed by atoms with Gasteiger partial charge in [0.25, 0.3) is 0 Å². The van der Waals surface area contributed by atoms with E-state index in [1.807, 2.05) is 39.0 Å². The number of fused-ring (bicyclic) bond motifs is 5. The van der Waals surface area contributed by atoms with E-state index in [9.17, 15) is 24.3 Å². The molecule has 0 aliphatic heterocycles. The average Bonchev–Trinajstić information content (AvgIpc) is 3.31. The van der Waals surface area contributed by atoms with Gasteiger partial charge in [0.2, 0.25) is 0 Å². The Hall–Kier alpha value is -3.00. The summed E-state index contributed by atoms with van der Waals surface area (Å²) in [7, 11) is 0. The fourth-order valence-electron chi connectivity index (χ4n) is 7.87. The highest BCUT2D eigenvalue weighted by Gasteiger charge is 2.87. The van der Waals surface area contributed by atoms with Crippen molar-refractivity contribution in [2.45, 2.75) is 92.0 Å². The summed E-state index contributed by atoms with van der Waals surface area (Å²) in [4.78, 5) is 51.5. The van der Waals surface area contributed by atoms with Crippen LogP contribution in [-0.2, 0) is 33.4 Å². The third-order valence-corrected chi connectivity index (χ3v) is 10.1. The quantitative estimate of drug-likeness (QED) is 0.132. The first-order chi connectivity index (χ1) is 19.6. The molecule has 4 rings (SSSR count). The van der Waals surface area contributed by atoms with Crippen LogP contribution >= 0.6 is 0 Å². The molecule has 0 saturated heterocycles. The fraction of sp³-hybridized carbons (Fsp3) is 0.647. The van der Waals surface area contributed by atoms with E-state index in [0.29, 0.717) is 12.0 Å². The van der Waals surface area contributed by atoms with Crippen molar-refractivity contribution in [3.05, 3.63) is 47.6 Å². The van der Waals surface area contributed by atoms with Gasteiger partial charge in [0.1, 0.15) is 12.7 Å². The maximum Gasteiger partial charge on any atom is 0.331 e. The monoisotopic (exact) mass is 582 g/mol. The van der Waals surface area contributed by atoms with Gasteiger partial charge in [0.05, 0.1) is 11.5 Å². The summed E-state index contributed by atoms with van der Waals surface area (Å²) >= 11 is 0. The molecule has 0 radical (unpaired) electrons. The Morgan fingerprint density at radius 1 is 1.14 bits per heavy atom. The number of Topliss-reactive ketones (excluding diaryl/α,β-unsaturated/α-hetero) is 1. The topological polar surface area (TPSA) is 116 Å². The number of aliphatic hydroxyl groups is 1. The molecule has 0 bridgehead atoms. The molecular formula is C34H46O8. The Bertz CT molecular complexity index is 1250. The van der Waals surface area contributed by atoms with Crippen LogP contribution in [-0.4, -0.2) is 52.7 Å². The number of ether oxygens (including phenoxy) is 3. The number of unbranched alkanes of at least 4 members (excludes halogenated alkanes) is 1. The number of rotatable bonds is 9. The Morgan fingerprint density at radius 2 is 1.83 bits per heavy atom. The third kappa shape index (κ3) is 5.10. The molecule has 2 saturated carbocycles. The van der Waals surface area contributed by atoms with Gasteiger partial charge >= 0.3 is 17.9 Å². The summed E-state index contributed by atoms with van der Waals surface area (Å²) in [5.41, 5.74) is -2.06. The van der Waals surface area contributed by atoms with Crippen LogP contribution in [0, 0.1) is 40.9 Å². The molecule has 8 nitrogen and oxygen atoms in total. The van der Waals surface area contributed by atoms with Crippen molar-refractivity contribution in [1.29, 1.82) is 0 Å². The van der Waals surface area contributed by atoms with Gasteiger partial charge < -0.3 is 19.3 Å². The molecule has 0 aromatic rings. The summed E-state index contributed by atoms with van der Waals surface area (Å²) in [6.45, 7) is 14.4. The standard InChI is InChI=1S/C34H46O8/c1-9-10-11-12-13-14-27(36)41-30-21(5)33(39)25-15-20(4)28(37)24(25)16-23(18-40-22(6)35)17-26(33)29-32(7,8)34(29,30)42-31(38)19(2)3/h11-15,17,19,21,24-26,29-30,39H,9-10,16,18H2,1-8H3. The van der Waals surface area contributed by atoms with E-state index in [0.717, 1.165) is 18.4 Å². The molecule has 0 aromatic heterocycles. The Balaban J connectivity index is 1.84. The first-order valence-electron chi connectivity index (χ1n) is 15.2. The molecule has 0 spiro atoms. The summed E-state index contributed by atoms with van der Waals surface area (Å²) in [5.74, 6) is -4.70. The second-order valence-corrected chi connectivity index (χ2v) is 13.4. The van der Waals surface area contributed by atoms with E-state index < -0.39 is 76.1 Å². The van der Waals surface area contributed by atoms with Crippen molar-refractivity contribution in [3.63, 3.8) is 0 Å².